The molecule has 5 nitrogen and oxygen atoms in total. The Kier molecular flexibility index (Phi) is 7.40. The second-order valence-corrected chi connectivity index (χ2v) is 13.1. The van der Waals surface area contributed by atoms with E-state index in [-0.39, 0.29) is 0 Å². The summed E-state index contributed by atoms with van der Waals surface area (Å²) in [5, 5.41) is 4.11. The molecule has 0 radical (unpaired) electrons. The molecule has 2 aromatic heterocycles. The fraction of sp³-hybridized carbons (Fsp3) is 0. The lowest BCUT2D eigenvalue weighted by atomic mass is 9.95. The zero-order valence-electron chi connectivity index (χ0n) is 28.5. The lowest BCUT2D eigenvalue weighted by Crippen LogP contribution is -2.01. The van der Waals surface area contributed by atoms with Gasteiger partial charge in [0.15, 0.2) is 23.1 Å². The van der Waals surface area contributed by atoms with E-state index in [0.29, 0.717) is 28.9 Å². The summed E-state index contributed by atoms with van der Waals surface area (Å²) in [6.45, 7) is 0. The molecule has 2 heterocycles. The van der Waals surface area contributed by atoms with Crippen molar-refractivity contribution in [3.05, 3.63) is 182 Å². The minimum atomic E-state index is 0.556. The second-order valence-electron chi connectivity index (χ2n) is 13.1. The first-order valence-corrected chi connectivity index (χ1v) is 17.6. The van der Waals surface area contributed by atoms with Gasteiger partial charge in [-0.3, -0.25) is 0 Å². The highest BCUT2D eigenvalue weighted by Crippen LogP contribution is 2.38. The van der Waals surface area contributed by atoms with Gasteiger partial charge in [0.1, 0.15) is 5.52 Å². The lowest BCUT2D eigenvalue weighted by molar-refractivity contribution is 0.623. The number of benzene rings is 8. The third-order valence-corrected chi connectivity index (χ3v) is 9.73. The molecular formula is C48H30N4O. The van der Waals surface area contributed by atoms with Crippen molar-refractivity contribution in [1.29, 1.82) is 0 Å². The molecule has 0 bridgehead atoms. The molecule has 0 saturated carbocycles. The number of rotatable bonds is 6. The van der Waals surface area contributed by atoms with Crippen molar-refractivity contribution in [3.63, 3.8) is 0 Å². The molecule has 5 heteroatoms. The lowest BCUT2D eigenvalue weighted by Gasteiger charge is -2.14. The van der Waals surface area contributed by atoms with Gasteiger partial charge >= 0.3 is 0 Å². The smallest absolute Gasteiger partial charge is 0.227 e. The van der Waals surface area contributed by atoms with Gasteiger partial charge in [0.2, 0.25) is 5.89 Å². The van der Waals surface area contributed by atoms with Crippen molar-refractivity contribution in [2.75, 3.05) is 0 Å². The molecule has 0 spiro atoms. The predicted octanol–water partition coefficient (Wildman–Crippen LogP) is 12.3. The van der Waals surface area contributed by atoms with Gasteiger partial charge in [-0.1, -0.05) is 146 Å². The molecule has 0 N–H and O–H groups in total. The molecule has 248 valence electrons. The first-order chi connectivity index (χ1) is 26.2. The van der Waals surface area contributed by atoms with Gasteiger partial charge in [-0.2, -0.15) is 0 Å². The highest BCUT2D eigenvalue weighted by atomic mass is 16.3. The summed E-state index contributed by atoms with van der Waals surface area (Å²) in [6, 6.07) is 62.4. The van der Waals surface area contributed by atoms with Crippen LogP contribution in [0.15, 0.2) is 186 Å². The molecule has 0 fully saturated rings. The normalized spacial score (nSPS) is 11.4. The van der Waals surface area contributed by atoms with E-state index in [9.17, 15) is 0 Å². The number of hydrogen-bond donors (Lipinski definition) is 0. The van der Waals surface area contributed by atoms with E-state index in [1.54, 1.807) is 0 Å². The third-order valence-electron chi connectivity index (χ3n) is 9.73. The van der Waals surface area contributed by atoms with Gasteiger partial charge < -0.3 is 4.42 Å². The van der Waals surface area contributed by atoms with Crippen LogP contribution in [-0.4, -0.2) is 19.9 Å². The number of fused-ring (bicyclic) bond motifs is 4. The second kappa shape index (κ2) is 12.8. The number of aromatic nitrogens is 4. The van der Waals surface area contributed by atoms with Crippen LogP contribution in [0.1, 0.15) is 0 Å². The van der Waals surface area contributed by atoms with E-state index in [2.05, 4.69) is 127 Å². The Morgan fingerprint density at radius 2 is 0.868 bits per heavy atom. The Hall–Kier alpha value is -7.24. The minimum Gasteiger partial charge on any atom is -0.435 e. The Morgan fingerprint density at radius 3 is 1.57 bits per heavy atom. The summed E-state index contributed by atoms with van der Waals surface area (Å²) in [6.07, 6.45) is 0. The Bertz CT molecular complexity index is 2880. The fourth-order valence-corrected chi connectivity index (χ4v) is 7.16. The van der Waals surface area contributed by atoms with Crippen LogP contribution in [0.2, 0.25) is 0 Å². The molecule has 0 unspecified atom stereocenters. The molecule has 10 aromatic rings. The van der Waals surface area contributed by atoms with Crippen LogP contribution in [-0.2, 0) is 0 Å². The molecule has 8 aromatic carbocycles. The maximum Gasteiger partial charge on any atom is 0.227 e. The summed E-state index contributed by atoms with van der Waals surface area (Å²) in [5.41, 5.74) is 9.46. The number of oxazole rings is 1. The van der Waals surface area contributed by atoms with E-state index in [0.717, 1.165) is 71.6 Å². The summed E-state index contributed by atoms with van der Waals surface area (Å²) in [4.78, 5) is 20.7. The van der Waals surface area contributed by atoms with E-state index < -0.39 is 0 Å². The van der Waals surface area contributed by atoms with Gasteiger partial charge in [-0.25, -0.2) is 19.9 Å². The van der Waals surface area contributed by atoms with Crippen molar-refractivity contribution in [2.45, 2.75) is 0 Å². The highest BCUT2D eigenvalue weighted by molar-refractivity contribution is 6.11. The van der Waals surface area contributed by atoms with Crippen LogP contribution in [0, 0.1) is 0 Å². The van der Waals surface area contributed by atoms with Crippen LogP contribution in [0.25, 0.3) is 101 Å². The van der Waals surface area contributed by atoms with Crippen LogP contribution in [0.4, 0.5) is 0 Å². The van der Waals surface area contributed by atoms with Crippen molar-refractivity contribution < 1.29 is 4.42 Å². The van der Waals surface area contributed by atoms with E-state index in [4.69, 9.17) is 24.4 Å². The maximum absolute atomic E-state index is 6.56. The quantitative estimate of drug-likeness (QED) is 0.175. The van der Waals surface area contributed by atoms with Crippen LogP contribution >= 0.6 is 0 Å². The minimum absolute atomic E-state index is 0.556. The van der Waals surface area contributed by atoms with Gasteiger partial charge in [0, 0.05) is 27.6 Å². The standard InChI is InChI=1S/C48H30N4O/c1-4-14-31(15-5-1)36-28-37(32-16-6-2-7-17-32)30-38(29-36)45-50-46(40-24-12-21-33-18-10-11-23-39(33)40)52-47(51-45)41-25-13-22-34-26-27-42-44(43(34)41)53-48(49-42)35-19-8-3-9-20-35/h1-30H. The zero-order chi connectivity index (χ0) is 35.1. The van der Waals surface area contributed by atoms with Crippen LogP contribution in [0.5, 0.6) is 0 Å². The molecular weight excluding hydrogens is 649 g/mol. The number of hydrogen-bond acceptors (Lipinski definition) is 5. The Labute approximate surface area is 305 Å². The molecule has 0 aliphatic heterocycles. The zero-order valence-corrected chi connectivity index (χ0v) is 28.5. The Balaban J connectivity index is 1.25. The molecule has 0 atom stereocenters. The van der Waals surface area contributed by atoms with Gasteiger partial charge in [-0.05, 0) is 74.8 Å². The third kappa shape index (κ3) is 5.61. The fourth-order valence-electron chi connectivity index (χ4n) is 7.16. The van der Waals surface area contributed by atoms with Crippen molar-refractivity contribution in [3.8, 4) is 67.9 Å². The molecule has 0 saturated heterocycles. The van der Waals surface area contributed by atoms with Crippen molar-refractivity contribution in [2.24, 2.45) is 0 Å². The Morgan fingerprint density at radius 1 is 0.340 bits per heavy atom. The van der Waals surface area contributed by atoms with Crippen LogP contribution in [0.3, 0.4) is 0 Å². The van der Waals surface area contributed by atoms with Gasteiger partial charge in [-0.15, -0.1) is 0 Å². The van der Waals surface area contributed by atoms with Gasteiger partial charge in [0.25, 0.3) is 0 Å². The van der Waals surface area contributed by atoms with Crippen molar-refractivity contribution >= 4 is 32.6 Å². The SMILES string of the molecule is c1ccc(-c2cc(-c3ccccc3)cc(-c3nc(-c4cccc5ccccc45)nc(-c4cccc5ccc6nc(-c7ccccc7)oc6c45)n3)c2)cc1. The monoisotopic (exact) mass is 678 g/mol. The topological polar surface area (TPSA) is 64.7 Å². The van der Waals surface area contributed by atoms with E-state index in [1.807, 2.05) is 54.6 Å². The molecule has 0 aliphatic rings. The summed E-state index contributed by atoms with van der Waals surface area (Å²) >= 11 is 0. The summed E-state index contributed by atoms with van der Waals surface area (Å²) in [7, 11) is 0. The van der Waals surface area contributed by atoms with E-state index >= 15 is 0 Å². The predicted molar refractivity (Wildman–Crippen MR) is 215 cm³/mol. The molecule has 0 aliphatic carbocycles. The highest BCUT2D eigenvalue weighted by Gasteiger charge is 2.20. The first kappa shape index (κ1) is 30.6. The largest absolute Gasteiger partial charge is 0.435 e. The first-order valence-electron chi connectivity index (χ1n) is 17.6. The summed E-state index contributed by atoms with van der Waals surface area (Å²) < 4.78 is 6.56. The maximum atomic E-state index is 6.56. The molecule has 10 rings (SSSR count). The van der Waals surface area contributed by atoms with Gasteiger partial charge in [0.05, 0.1) is 0 Å². The average Bonchev–Trinajstić information content (AvgIpc) is 3.69. The summed E-state index contributed by atoms with van der Waals surface area (Å²) in [5.74, 6) is 2.31. The molecule has 53 heavy (non-hydrogen) atoms. The van der Waals surface area contributed by atoms with Crippen LogP contribution < -0.4 is 0 Å². The average molecular weight is 679 g/mol. The molecule has 0 amide bonds. The van der Waals surface area contributed by atoms with E-state index in [1.165, 1.54) is 0 Å². The van der Waals surface area contributed by atoms with Crippen molar-refractivity contribution in [1.82, 2.24) is 19.9 Å². The number of nitrogens with zero attached hydrogens (tertiary/aromatic N) is 4.